The van der Waals surface area contributed by atoms with Gasteiger partial charge in [0.05, 0.1) is 11.1 Å². The van der Waals surface area contributed by atoms with E-state index in [1.165, 1.54) is 0 Å². The molecule has 3 nitrogen and oxygen atoms in total. The lowest BCUT2D eigenvalue weighted by Gasteiger charge is -2.13. The fourth-order valence-corrected chi connectivity index (χ4v) is 3.63. The lowest BCUT2D eigenvalue weighted by atomic mass is 9.88. The molecule has 0 fully saturated rings. The fraction of sp³-hybridized carbons (Fsp3) is 0. The van der Waals surface area contributed by atoms with Crippen LogP contribution in [0, 0.1) is 0 Å². The van der Waals surface area contributed by atoms with E-state index in [9.17, 15) is 9.59 Å². The zero-order chi connectivity index (χ0) is 17.0. The minimum absolute atomic E-state index is 0.339. The summed E-state index contributed by atoms with van der Waals surface area (Å²) >= 11 is 0. The lowest BCUT2D eigenvalue weighted by molar-refractivity contribution is 0.0444. The first kappa shape index (κ1) is 13.9. The summed E-state index contributed by atoms with van der Waals surface area (Å²) in [6.07, 6.45) is 0. The number of esters is 2. The Balaban J connectivity index is 2.01. The van der Waals surface area contributed by atoms with E-state index in [2.05, 4.69) is 0 Å². The summed E-state index contributed by atoms with van der Waals surface area (Å²) in [6.45, 7) is 0. The molecule has 0 N–H and O–H groups in total. The van der Waals surface area contributed by atoms with Gasteiger partial charge in [-0.15, -0.1) is 0 Å². The number of cyclic esters (lactones) is 2. The number of benzene rings is 4. The van der Waals surface area contributed by atoms with E-state index in [-0.39, 0.29) is 0 Å². The summed E-state index contributed by atoms with van der Waals surface area (Å²) in [4.78, 5) is 24.5. The summed E-state index contributed by atoms with van der Waals surface area (Å²) in [5, 5.41) is 3.97. The maximum atomic E-state index is 12.4. The molecule has 0 unspecified atom stereocenters. The third-order valence-electron chi connectivity index (χ3n) is 4.72. The zero-order valence-electron chi connectivity index (χ0n) is 13.2. The average molecular weight is 324 g/mol. The maximum Gasteiger partial charge on any atom is 0.347 e. The van der Waals surface area contributed by atoms with Crippen LogP contribution < -0.4 is 0 Å². The second-order valence-electron chi connectivity index (χ2n) is 6.10. The molecule has 0 bridgehead atoms. The van der Waals surface area contributed by atoms with Crippen LogP contribution in [0.25, 0.3) is 32.7 Å². The van der Waals surface area contributed by atoms with E-state index in [4.69, 9.17) is 4.74 Å². The third-order valence-corrected chi connectivity index (χ3v) is 4.72. The van der Waals surface area contributed by atoms with Gasteiger partial charge in [0.25, 0.3) is 0 Å². The minimum atomic E-state index is -0.577. The van der Waals surface area contributed by atoms with Gasteiger partial charge in [0.15, 0.2) is 0 Å². The predicted octanol–water partition coefficient (Wildman–Crippen LogP) is 4.97. The molecular formula is C22H12O3. The van der Waals surface area contributed by atoms with E-state index < -0.39 is 11.9 Å². The molecule has 5 rings (SSSR count). The van der Waals surface area contributed by atoms with Crippen LogP contribution in [0.2, 0.25) is 0 Å². The fourth-order valence-electron chi connectivity index (χ4n) is 3.63. The van der Waals surface area contributed by atoms with Gasteiger partial charge in [0.2, 0.25) is 0 Å². The molecule has 1 aliphatic heterocycles. The Morgan fingerprint density at radius 3 is 2.08 bits per heavy atom. The summed E-state index contributed by atoms with van der Waals surface area (Å²) in [7, 11) is 0. The number of rotatable bonds is 1. The summed E-state index contributed by atoms with van der Waals surface area (Å²) in [5.41, 5.74) is 2.39. The second-order valence-corrected chi connectivity index (χ2v) is 6.10. The molecule has 0 saturated heterocycles. The van der Waals surface area contributed by atoms with Crippen LogP contribution in [0.5, 0.6) is 0 Å². The Labute approximate surface area is 143 Å². The van der Waals surface area contributed by atoms with Gasteiger partial charge in [-0.25, -0.2) is 9.59 Å². The van der Waals surface area contributed by atoms with Crippen molar-refractivity contribution in [3.63, 3.8) is 0 Å². The standard InChI is InChI=1S/C22H12O3/c23-21-18-12-14-7-2-4-10-16(14)19(20(18)22(24)25-21)17-11-5-8-13-6-1-3-9-15(13)17/h1-12H. The third kappa shape index (κ3) is 1.93. The van der Waals surface area contributed by atoms with Gasteiger partial charge in [-0.05, 0) is 33.2 Å². The number of ether oxygens (including phenoxy) is 1. The molecule has 3 heteroatoms. The molecular weight excluding hydrogens is 312 g/mol. The van der Waals surface area contributed by atoms with Crippen LogP contribution in [-0.4, -0.2) is 11.9 Å². The maximum absolute atomic E-state index is 12.4. The van der Waals surface area contributed by atoms with Crippen molar-refractivity contribution >= 4 is 33.5 Å². The van der Waals surface area contributed by atoms with Gasteiger partial charge in [0, 0.05) is 5.56 Å². The number of carbonyl (C=O) groups is 2. The van der Waals surface area contributed by atoms with Gasteiger partial charge in [-0.2, -0.15) is 0 Å². The van der Waals surface area contributed by atoms with Crippen molar-refractivity contribution in [1.29, 1.82) is 0 Å². The van der Waals surface area contributed by atoms with Crippen molar-refractivity contribution in [1.82, 2.24) is 0 Å². The van der Waals surface area contributed by atoms with Gasteiger partial charge < -0.3 is 4.74 Å². The Morgan fingerprint density at radius 1 is 0.560 bits per heavy atom. The van der Waals surface area contributed by atoms with E-state index in [0.29, 0.717) is 11.1 Å². The normalized spacial score (nSPS) is 13.3. The van der Waals surface area contributed by atoms with Crippen LogP contribution in [0.4, 0.5) is 0 Å². The highest BCUT2D eigenvalue weighted by Crippen LogP contribution is 2.40. The molecule has 0 saturated carbocycles. The Kier molecular flexibility index (Phi) is 2.80. The van der Waals surface area contributed by atoms with Gasteiger partial charge in [-0.1, -0.05) is 66.7 Å². The second kappa shape index (κ2) is 5.02. The number of carbonyl (C=O) groups excluding carboxylic acids is 2. The number of hydrogen-bond donors (Lipinski definition) is 0. The number of hydrogen-bond acceptors (Lipinski definition) is 3. The predicted molar refractivity (Wildman–Crippen MR) is 96.6 cm³/mol. The van der Waals surface area contributed by atoms with Gasteiger partial charge in [-0.3, -0.25) is 0 Å². The van der Waals surface area contributed by atoms with Crippen molar-refractivity contribution in [3.8, 4) is 11.1 Å². The first-order valence-corrected chi connectivity index (χ1v) is 8.04. The van der Waals surface area contributed by atoms with Crippen LogP contribution in [0.15, 0.2) is 72.8 Å². The van der Waals surface area contributed by atoms with Crippen molar-refractivity contribution in [3.05, 3.63) is 83.9 Å². The molecule has 0 spiro atoms. The smallest absolute Gasteiger partial charge is 0.347 e. The molecule has 4 aromatic rings. The van der Waals surface area contributed by atoms with Crippen LogP contribution in [0.1, 0.15) is 20.7 Å². The molecule has 1 aliphatic rings. The molecule has 0 radical (unpaired) electrons. The molecule has 4 aromatic carbocycles. The first-order valence-electron chi connectivity index (χ1n) is 8.04. The van der Waals surface area contributed by atoms with Gasteiger partial charge in [0.1, 0.15) is 0 Å². The van der Waals surface area contributed by atoms with E-state index >= 15 is 0 Å². The molecule has 0 aromatic heterocycles. The van der Waals surface area contributed by atoms with Crippen molar-refractivity contribution in [2.24, 2.45) is 0 Å². The highest BCUT2D eigenvalue weighted by molar-refractivity contribution is 6.23. The molecule has 118 valence electrons. The Bertz CT molecular complexity index is 1200. The van der Waals surface area contributed by atoms with E-state index in [1.54, 1.807) is 6.07 Å². The molecule has 25 heavy (non-hydrogen) atoms. The topological polar surface area (TPSA) is 43.4 Å². The van der Waals surface area contributed by atoms with Crippen LogP contribution in [-0.2, 0) is 4.74 Å². The monoisotopic (exact) mass is 324 g/mol. The Hall–Kier alpha value is -3.46. The first-order chi connectivity index (χ1) is 12.2. The summed E-state index contributed by atoms with van der Waals surface area (Å²) in [5.74, 6) is -1.15. The SMILES string of the molecule is O=C1OC(=O)c2c1cc1ccccc1c2-c1cccc2ccccc12. The summed E-state index contributed by atoms with van der Waals surface area (Å²) < 4.78 is 4.90. The van der Waals surface area contributed by atoms with E-state index in [1.807, 2.05) is 66.7 Å². The van der Waals surface area contributed by atoms with E-state index in [0.717, 1.165) is 32.7 Å². The lowest BCUT2D eigenvalue weighted by Crippen LogP contribution is -1.99. The molecule has 0 aliphatic carbocycles. The zero-order valence-corrected chi connectivity index (χ0v) is 13.2. The van der Waals surface area contributed by atoms with Crippen molar-refractivity contribution < 1.29 is 14.3 Å². The minimum Gasteiger partial charge on any atom is -0.386 e. The van der Waals surface area contributed by atoms with Crippen molar-refractivity contribution in [2.75, 3.05) is 0 Å². The van der Waals surface area contributed by atoms with Crippen LogP contribution >= 0.6 is 0 Å². The summed E-state index contributed by atoms with van der Waals surface area (Å²) in [6, 6.07) is 23.5. The largest absolute Gasteiger partial charge is 0.386 e. The van der Waals surface area contributed by atoms with Crippen molar-refractivity contribution in [2.45, 2.75) is 0 Å². The van der Waals surface area contributed by atoms with Crippen LogP contribution in [0.3, 0.4) is 0 Å². The Morgan fingerprint density at radius 2 is 1.24 bits per heavy atom. The highest BCUT2D eigenvalue weighted by Gasteiger charge is 2.34. The average Bonchev–Trinajstić information content (AvgIpc) is 2.93. The molecule has 1 heterocycles. The molecule has 0 atom stereocenters. The van der Waals surface area contributed by atoms with Gasteiger partial charge >= 0.3 is 11.9 Å². The number of fused-ring (bicyclic) bond motifs is 3. The highest BCUT2D eigenvalue weighted by atomic mass is 16.6. The molecule has 0 amide bonds. The quantitative estimate of drug-likeness (QED) is 0.367.